The van der Waals surface area contributed by atoms with Crippen LogP contribution >= 0.6 is 10.7 Å². The molecule has 1 amide bonds. The third-order valence-electron chi connectivity index (χ3n) is 2.37. The number of ether oxygens (including phenoxy) is 2. The van der Waals surface area contributed by atoms with Gasteiger partial charge >= 0.3 is 0 Å². The quantitative estimate of drug-likeness (QED) is 0.606. The van der Waals surface area contributed by atoms with Crippen molar-refractivity contribution >= 4 is 25.6 Å². The second-order valence-electron chi connectivity index (χ2n) is 3.78. The predicted molar refractivity (Wildman–Crippen MR) is 74.9 cm³/mol. The minimum Gasteiger partial charge on any atom is -0.493 e. The van der Waals surface area contributed by atoms with Gasteiger partial charge in [0.25, 0.3) is 15.0 Å². The van der Waals surface area contributed by atoms with Crippen molar-refractivity contribution in [1.82, 2.24) is 5.32 Å². The second-order valence-corrected chi connectivity index (χ2v) is 6.34. The van der Waals surface area contributed by atoms with Gasteiger partial charge in [-0.1, -0.05) is 0 Å². The van der Waals surface area contributed by atoms with Gasteiger partial charge in [-0.3, -0.25) is 4.79 Å². The number of amides is 1. The summed E-state index contributed by atoms with van der Waals surface area (Å²) in [6, 6.07) is 3.89. The SMILES string of the molecule is CCOc1ccc(S(=O)(=O)Cl)cc1C(=O)NCCOC. The highest BCUT2D eigenvalue weighted by Gasteiger charge is 2.18. The molecule has 0 spiro atoms. The zero-order chi connectivity index (χ0) is 15.2. The molecule has 1 N–H and O–H groups in total. The van der Waals surface area contributed by atoms with E-state index in [1.807, 2.05) is 0 Å². The normalized spacial score (nSPS) is 11.2. The molecule has 0 aliphatic heterocycles. The minimum atomic E-state index is -3.90. The number of halogens is 1. The zero-order valence-electron chi connectivity index (χ0n) is 11.2. The number of carbonyl (C=O) groups is 1. The highest BCUT2D eigenvalue weighted by molar-refractivity contribution is 8.13. The van der Waals surface area contributed by atoms with E-state index in [9.17, 15) is 13.2 Å². The summed E-state index contributed by atoms with van der Waals surface area (Å²) in [4.78, 5) is 11.9. The first-order valence-electron chi connectivity index (χ1n) is 5.88. The summed E-state index contributed by atoms with van der Waals surface area (Å²) in [7, 11) is 2.88. The number of nitrogens with one attached hydrogen (secondary N) is 1. The van der Waals surface area contributed by atoms with Crippen LogP contribution in [0, 0.1) is 0 Å². The van der Waals surface area contributed by atoms with Crippen LogP contribution in [-0.2, 0) is 13.8 Å². The Kier molecular flexibility index (Phi) is 6.25. The average Bonchev–Trinajstić information content (AvgIpc) is 2.38. The van der Waals surface area contributed by atoms with Gasteiger partial charge in [0, 0.05) is 24.3 Å². The van der Waals surface area contributed by atoms with Crippen molar-refractivity contribution in [3.05, 3.63) is 23.8 Å². The molecule has 0 radical (unpaired) electrons. The Labute approximate surface area is 122 Å². The van der Waals surface area contributed by atoms with Crippen molar-refractivity contribution in [3.8, 4) is 5.75 Å². The molecular weight excluding hydrogens is 306 g/mol. The maximum atomic E-state index is 12.0. The molecule has 0 heterocycles. The van der Waals surface area contributed by atoms with Crippen molar-refractivity contribution < 1.29 is 22.7 Å². The maximum Gasteiger partial charge on any atom is 0.261 e. The molecule has 0 aliphatic carbocycles. The molecular formula is C12H16ClNO5S. The van der Waals surface area contributed by atoms with Crippen LogP contribution in [0.25, 0.3) is 0 Å². The number of hydrogen-bond acceptors (Lipinski definition) is 5. The number of benzene rings is 1. The zero-order valence-corrected chi connectivity index (χ0v) is 12.8. The van der Waals surface area contributed by atoms with Crippen LogP contribution < -0.4 is 10.1 Å². The van der Waals surface area contributed by atoms with E-state index in [0.29, 0.717) is 25.5 Å². The number of rotatable bonds is 7. The molecule has 0 unspecified atom stereocenters. The molecule has 0 saturated heterocycles. The van der Waals surface area contributed by atoms with Crippen LogP contribution in [0.5, 0.6) is 5.75 Å². The van der Waals surface area contributed by atoms with Crippen LogP contribution in [-0.4, -0.2) is 41.2 Å². The van der Waals surface area contributed by atoms with Gasteiger partial charge in [0.15, 0.2) is 0 Å². The summed E-state index contributed by atoms with van der Waals surface area (Å²) < 4.78 is 32.7. The largest absolute Gasteiger partial charge is 0.493 e. The van der Waals surface area contributed by atoms with E-state index in [0.717, 1.165) is 0 Å². The number of hydrogen-bond donors (Lipinski definition) is 1. The molecule has 0 aliphatic rings. The van der Waals surface area contributed by atoms with Crippen LogP contribution in [0.4, 0.5) is 0 Å². The van der Waals surface area contributed by atoms with E-state index in [-0.39, 0.29) is 10.5 Å². The summed E-state index contributed by atoms with van der Waals surface area (Å²) in [5.74, 6) is -0.154. The first-order chi connectivity index (χ1) is 9.40. The summed E-state index contributed by atoms with van der Waals surface area (Å²) in [5.41, 5.74) is 0.115. The third kappa shape index (κ3) is 4.66. The van der Waals surface area contributed by atoms with Crippen molar-refractivity contribution in [2.24, 2.45) is 0 Å². The molecule has 0 atom stereocenters. The van der Waals surface area contributed by atoms with Crippen molar-refractivity contribution in [3.63, 3.8) is 0 Å². The van der Waals surface area contributed by atoms with Crippen molar-refractivity contribution in [1.29, 1.82) is 0 Å². The van der Waals surface area contributed by atoms with E-state index in [1.165, 1.54) is 25.3 Å². The molecule has 1 aromatic rings. The van der Waals surface area contributed by atoms with Crippen LogP contribution in [0.1, 0.15) is 17.3 Å². The fourth-order valence-electron chi connectivity index (χ4n) is 1.48. The molecule has 1 aromatic carbocycles. The van der Waals surface area contributed by atoms with Crippen LogP contribution in [0.3, 0.4) is 0 Å². The van der Waals surface area contributed by atoms with Crippen LogP contribution in [0.15, 0.2) is 23.1 Å². The Morgan fingerprint density at radius 2 is 2.10 bits per heavy atom. The van der Waals surface area contributed by atoms with Crippen molar-refractivity contribution in [2.75, 3.05) is 26.9 Å². The lowest BCUT2D eigenvalue weighted by molar-refractivity contribution is 0.0933. The second kappa shape index (κ2) is 7.47. The summed E-state index contributed by atoms with van der Waals surface area (Å²) in [5, 5.41) is 2.60. The van der Waals surface area contributed by atoms with Gasteiger partial charge in [-0.15, -0.1) is 0 Å². The summed E-state index contributed by atoms with van der Waals surface area (Å²) in [6.07, 6.45) is 0. The lowest BCUT2D eigenvalue weighted by Gasteiger charge is -2.11. The lowest BCUT2D eigenvalue weighted by atomic mass is 10.2. The number of methoxy groups -OCH3 is 1. The Balaban J connectivity index is 3.08. The highest BCUT2D eigenvalue weighted by Crippen LogP contribution is 2.24. The van der Waals surface area contributed by atoms with Crippen molar-refractivity contribution in [2.45, 2.75) is 11.8 Å². The van der Waals surface area contributed by atoms with E-state index in [4.69, 9.17) is 20.2 Å². The molecule has 0 aromatic heterocycles. The average molecular weight is 322 g/mol. The monoisotopic (exact) mass is 321 g/mol. The third-order valence-corrected chi connectivity index (χ3v) is 3.72. The molecule has 0 saturated carbocycles. The first-order valence-corrected chi connectivity index (χ1v) is 8.19. The van der Waals surface area contributed by atoms with E-state index >= 15 is 0 Å². The predicted octanol–water partition coefficient (Wildman–Crippen LogP) is 1.39. The van der Waals surface area contributed by atoms with Crippen LogP contribution in [0.2, 0.25) is 0 Å². The highest BCUT2D eigenvalue weighted by atomic mass is 35.7. The van der Waals surface area contributed by atoms with Gasteiger partial charge in [-0.05, 0) is 25.1 Å². The fourth-order valence-corrected chi connectivity index (χ4v) is 2.26. The Bertz CT molecular complexity index is 573. The topological polar surface area (TPSA) is 81.7 Å². The molecule has 8 heteroatoms. The van der Waals surface area contributed by atoms with Gasteiger partial charge in [0.05, 0.1) is 23.7 Å². The summed E-state index contributed by atoms with van der Waals surface area (Å²) in [6.45, 7) is 2.77. The Hall–Kier alpha value is -1.31. The fraction of sp³-hybridized carbons (Fsp3) is 0.417. The molecule has 0 fully saturated rings. The van der Waals surface area contributed by atoms with Gasteiger partial charge in [-0.25, -0.2) is 8.42 Å². The van der Waals surface area contributed by atoms with E-state index < -0.39 is 15.0 Å². The van der Waals surface area contributed by atoms with E-state index in [2.05, 4.69) is 5.32 Å². The van der Waals surface area contributed by atoms with E-state index in [1.54, 1.807) is 6.92 Å². The number of carbonyl (C=O) groups excluding carboxylic acids is 1. The molecule has 1 rings (SSSR count). The molecule has 0 bridgehead atoms. The molecule has 6 nitrogen and oxygen atoms in total. The van der Waals surface area contributed by atoms with Gasteiger partial charge in [0.2, 0.25) is 0 Å². The van der Waals surface area contributed by atoms with Gasteiger partial charge < -0.3 is 14.8 Å². The Morgan fingerprint density at radius 3 is 2.65 bits per heavy atom. The standard InChI is InChI=1S/C12H16ClNO5S/c1-3-19-11-5-4-9(20(13,16)17)8-10(11)12(15)14-6-7-18-2/h4-5,8H,3,6-7H2,1-2H3,(H,14,15). The maximum absolute atomic E-state index is 12.0. The first kappa shape index (κ1) is 16.7. The minimum absolute atomic E-state index is 0.115. The molecule has 20 heavy (non-hydrogen) atoms. The van der Waals surface area contributed by atoms with Gasteiger partial charge in [-0.2, -0.15) is 0 Å². The Morgan fingerprint density at radius 1 is 1.40 bits per heavy atom. The molecule has 112 valence electrons. The smallest absolute Gasteiger partial charge is 0.261 e. The van der Waals surface area contributed by atoms with Gasteiger partial charge in [0.1, 0.15) is 5.75 Å². The summed E-state index contributed by atoms with van der Waals surface area (Å²) >= 11 is 0. The lowest BCUT2D eigenvalue weighted by Crippen LogP contribution is -2.27.